The molecule has 0 aliphatic heterocycles. The second-order valence-corrected chi connectivity index (χ2v) is 5.98. The molecule has 0 saturated heterocycles. The van der Waals surface area contributed by atoms with Crippen molar-refractivity contribution in [3.63, 3.8) is 0 Å². The van der Waals surface area contributed by atoms with Crippen LogP contribution in [0.3, 0.4) is 0 Å². The quantitative estimate of drug-likeness (QED) is 0.650. The molecular weight excluding hydrogens is 327 g/mol. The van der Waals surface area contributed by atoms with Crippen LogP contribution in [0.15, 0.2) is 40.8 Å². The molecule has 3 nitrogen and oxygen atoms in total. The molecular formula is C19H16ClFN2O. The lowest BCUT2D eigenvalue weighted by molar-refractivity contribution is 0.496. The van der Waals surface area contributed by atoms with Crippen molar-refractivity contribution >= 4 is 23.8 Å². The standard InChI is InChI=1S/C19H16ClFN2O/c1-12-4-3-5-15(13(12)2)10-19-23-22-18(24-19)9-7-14-6-8-16(21)11-17(14)20/h3-9,11H,10H2,1-2H3/b9-7+. The van der Waals surface area contributed by atoms with Crippen LogP contribution >= 0.6 is 11.6 Å². The van der Waals surface area contributed by atoms with E-state index in [0.29, 0.717) is 28.8 Å². The van der Waals surface area contributed by atoms with E-state index in [-0.39, 0.29) is 5.82 Å². The molecule has 122 valence electrons. The van der Waals surface area contributed by atoms with Crippen molar-refractivity contribution < 1.29 is 8.81 Å². The first-order chi connectivity index (χ1) is 11.5. The minimum absolute atomic E-state index is 0.335. The molecule has 0 spiro atoms. The maximum Gasteiger partial charge on any atom is 0.240 e. The topological polar surface area (TPSA) is 38.9 Å². The fourth-order valence-electron chi connectivity index (χ4n) is 2.37. The zero-order valence-corrected chi connectivity index (χ0v) is 14.1. The summed E-state index contributed by atoms with van der Waals surface area (Å²) < 4.78 is 18.7. The van der Waals surface area contributed by atoms with E-state index in [1.165, 1.54) is 23.3 Å². The van der Waals surface area contributed by atoms with E-state index in [1.54, 1.807) is 18.2 Å². The third kappa shape index (κ3) is 3.71. The number of rotatable bonds is 4. The van der Waals surface area contributed by atoms with Gasteiger partial charge >= 0.3 is 0 Å². The summed E-state index contributed by atoms with van der Waals surface area (Å²) in [7, 11) is 0. The highest BCUT2D eigenvalue weighted by molar-refractivity contribution is 6.32. The van der Waals surface area contributed by atoms with E-state index >= 15 is 0 Å². The van der Waals surface area contributed by atoms with Crippen molar-refractivity contribution in [2.24, 2.45) is 0 Å². The molecule has 0 saturated carbocycles. The van der Waals surface area contributed by atoms with Crippen molar-refractivity contribution in [2.75, 3.05) is 0 Å². The van der Waals surface area contributed by atoms with Gasteiger partial charge in [-0.25, -0.2) is 4.39 Å². The number of benzene rings is 2. The average molecular weight is 343 g/mol. The van der Waals surface area contributed by atoms with E-state index in [2.05, 4.69) is 36.2 Å². The van der Waals surface area contributed by atoms with Crippen LogP contribution in [0.25, 0.3) is 12.2 Å². The number of hydrogen-bond donors (Lipinski definition) is 0. The Labute approximate surface area is 144 Å². The van der Waals surface area contributed by atoms with Crippen LogP contribution in [-0.2, 0) is 6.42 Å². The summed E-state index contributed by atoms with van der Waals surface area (Å²) in [5.41, 5.74) is 4.31. The number of halogens is 2. The highest BCUT2D eigenvalue weighted by Gasteiger charge is 2.08. The smallest absolute Gasteiger partial charge is 0.240 e. The number of aromatic nitrogens is 2. The summed E-state index contributed by atoms with van der Waals surface area (Å²) in [6.07, 6.45) is 3.97. The minimum atomic E-state index is -0.370. The molecule has 2 aromatic carbocycles. The van der Waals surface area contributed by atoms with E-state index in [0.717, 1.165) is 5.56 Å². The second kappa shape index (κ2) is 6.97. The molecule has 0 aliphatic rings. The van der Waals surface area contributed by atoms with Gasteiger partial charge < -0.3 is 4.42 Å². The average Bonchev–Trinajstić information content (AvgIpc) is 2.99. The Hall–Kier alpha value is -2.46. The highest BCUT2D eigenvalue weighted by Crippen LogP contribution is 2.20. The Morgan fingerprint density at radius 1 is 1.12 bits per heavy atom. The molecule has 0 atom stereocenters. The fourth-order valence-corrected chi connectivity index (χ4v) is 2.60. The van der Waals surface area contributed by atoms with Gasteiger partial charge in [-0.15, -0.1) is 10.2 Å². The molecule has 3 aromatic rings. The third-order valence-corrected chi connectivity index (χ3v) is 4.24. The van der Waals surface area contributed by atoms with Gasteiger partial charge in [0, 0.05) is 6.08 Å². The summed E-state index contributed by atoms with van der Waals surface area (Å²) in [6.45, 7) is 4.16. The SMILES string of the molecule is Cc1cccc(Cc2nnc(/C=C/c3ccc(F)cc3Cl)o2)c1C. The van der Waals surface area contributed by atoms with Gasteiger partial charge in [-0.05, 0) is 54.3 Å². The van der Waals surface area contributed by atoms with Gasteiger partial charge in [0.1, 0.15) is 5.82 Å². The lowest BCUT2D eigenvalue weighted by atomic mass is 10.0. The highest BCUT2D eigenvalue weighted by atomic mass is 35.5. The van der Waals surface area contributed by atoms with E-state index in [1.807, 2.05) is 6.07 Å². The first-order valence-corrected chi connectivity index (χ1v) is 7.91. The predicted octanol–water partition coefficient (Wildman–Crippen LogP) is 5.24. The molecule has 0 unspecified atom stereocenters. The number of hydrogen-bond acceptors (Lipinski definition) is 3. The number of aryl methyl sites for hydroxylation is 1. The fraction of sp³-hybridized carbons (Fsp3) is 0.158. The zero-order chi connectivity index (χ0) is 17.1. The zero-order valence-electron chi connectivity index (χ0n) is 13.4. The van der Waals surface area contributed by atoms with Crippen molar-refractivity contribution in [3.05, 3.63) is 81.3 Å². The Kier molecular flexibility index (Phi) is 4.76. The van der Waals surface area contributed by atoms with Crippen molar-refractivity contribution in [1.82, 2.24) is 10.2 Å². The molecule has 5 heteroatoms. The summed E-state index contributed by atoms with van der Waals surface area (Å²) in [5, 5.41) is 8.41. The minimum Gasteiger partial charge on any atom is -0.421 e. The van der Waals surface area contributed by atoms with E-state index < -0.39 is 0 Å². The third-order valence-electron chi connectivity index (χ3n) is 3.91. The Balaban J connectivity index is 1.76. The number of nitrogens with zero attached hydrogens (tertiary/aromatic N) is 2. The van der Waals surface area contributed by atoms with Crippen LogP contribution in [0.5, 0.6) is 0 Å². The summed E-state index contributed by atoms with van der Waals surface area (Å²) in [5.74, 6) is 0.565. The monoisotopic (exact) mass is 342 g/mol. The predicted molar refractivity (Wildman–Crippen MR) is 93.4 cm³/mol. The summed E-state index contributed by atoms with van der Waals surface area (Å²) in [6, 6.07) is 10.4. The van der Waals surface area contributed by atoms with Crippen LogP contribution in [0.4, 0.5) is 4.39 Å². The molecule has 0 amide bonds. The molecule has 1 aromatic heterocycles. The van der Waals surface area contributed by atoms with Crippen molar-refractivity contribution in [3.8, 4) is 0 Å². The van der Waals surface area contributed by atoms with Gasteiger partial charge in [-0.1, -0.05) is 35.9 Å². The molecule has 0 bridgehead atoms. The van der Waals surface area contributed by atoms with Crippen LogP contribution in [-0.4, -0.2) is 10.2 Å². The van der Waals surface area contributed by atoms with Crippen LogP contribution in [0.2, 0.25) is 5.02 Å². The maximum atomic E-state index is 13.0. The molecule has 0 N–H and O–H groups in total. The molecule has 0 fully saturated rings. The summed E-state index contributed by atoms with van der Waals surface area (Å²) in [4.78, 5) is 0. The van der Waals surface area contributed by atoms with Gasteiger partial charge in [0.15, 0.2) is 0 Å². The van der Waals surface area contributed by atoms with Gasteiger partial charge in [-0.2, -0.15) is 0 Å². The normalized spacial score (nSPS) is 11.3. The van der Waals surface area contributed by atoms with Crippen LogP contribution in [0, 0.1) is 19.7 Å². The first-order valence-electron chi connectivity index (χ1n) is 7.53. The lowest BCUT2D eigenvalue weighted by Crippen LogP contribution is -1.94. The largest absolute Gasteiger partial charge is 0.421 e. The maximum absolute atomic E-state index is 13.0. The summed E-state index contributed by atoms with van der Waals surface area (Å²) >= 11 is 5.98. The van der Waals surface area contributed by atoms with Crippen LogP contribution in [0.1, 0.15) is 34.0 Å². The second-order valence-electron chi connectivity index (χ2n) is 5.57. The van der Waals surface area contributed by atoms with E-state index in [9.17, 15) is 4.39 Å². The van der Waals surface area contributed by atoms with Gasteiger partial charge in [0.05, 0.1) is 11.4 Å². The van der Waals surface area contributed by atoms with Crippen molar-refractivity contribution in [2.45, 2.75) is 20.3 Å². The Bertz CT molecular complexity index is 902. The van der Waals surface area contributed by atoms with Gasteiger partial charge in [0.25, 0.3) is 0 Å². The van der Waals surface area contributed by atoms with Crippen molar-refractivity contribution in [1.29, 1.82) is 0 Å². The van der Waals surface area contributed by atoms with Gasteiger partial charge in [-0.3, -0.25) is 0 Å². The Morgan fingerprint density at radius 3 is 2.75 bits per heavy atom. The first kappa shape index (κ1) is 16.4. The van der Waals surface area contributed by atoms with E-state index in [4.69, 9.17) is 16.0 Å². The molecule has 24 heavy (non-hydrogen) atoms. The van der Waals surface area contributed by atoms with Gasteiger partial charge in [0.2, 0.25) is 11.8 Å². The van der Waals surface area contributed by atoms with Crippen LogP contribution < -0.4 is 0 Å². The molecule has 0 aliphatic carbocycles. The Morgan fingerprint density at radius 2 is 1.96 bits per heavy atom. The molecule has 0 radical (unpaired) electrons. The lowest BCUT2D eigenvalue weighted by Gasteiger charge is -2.05. The molecule has 1 heterocycles. The molecule has 3 rings (SSSR count).